The van der Waals surface area contributed by atoms with Crippen molar-refractivity contribution in [3.05, 3.63) is 69.0 Å². The molecule has 1 aromatic heterocycles. The minimum absolute atomic E-state index is 0.0344. The Hall–Kier alpha value is -2.14. The summed E-state index contributed by atoms with van der Waals surface area (Å²) in [7, 11) is 1.44. The molecule has 2 rings (SSSR count). The van der Waals surface area contributed by atoms with E-state index in [2.05, 4.69) is 0 Å². The first-order valence-electron chi connectivity index (χ1n) is 5.55. The monoisotopic (exact) mass is 246 g/mol. The predicted molar refractivity (Wildman–Crippen MR) is 67.5 cm³/mol. The lowest BCUT2D eigenvalue weighted by Gasteiger charge is -2.09. The summed E-state index contributed by atoms with van der Waals surface area (Å²) in [5, 5.41) is 0. The third kappa shape index (κ3) is 2.57. The topological polar surface area (TPSA) is 53.2 Å². The maximum atomic E-state index is 12.0. The van der Waals surface area contributed by atoms with Gasteiger partial charge in [-0.15, -0.1) is 0 Å². The summed E-state index contributed by atoms with van der Waals surface area (Å²) >= 11 is 0. The van der Waals surface area contributed by atoms with Crippen molar-refractivity contribution in [2.24, 2.45) is 0 Å². The van der Waals surface area contributed by atoms with E-state index in [0.717, 1.165) is 10.1 Å². The third-order valence-electron chi connectivity index (χ3n) is 2.59. The van der Waals surface area contributed by atoms with Crippen LogP contribution in [0.4, 0.5) is 0 Å². The summed E-state index contributed by atoms with van der Waals surface area (Å²) < 4.78 is 7.38. The molecule has 0 atom stereocenters. The van der Waals surface area contributed by atoms with Crippen LogP contribution >= 0.6 is 0 Å². The van der Waals surface area contributed by atoms with Crippen molar-refractivity contribution in [3.63, 3.8) is 0 Å². The summed E-state index contributed by atoms with van der Waals surface area (Å²) in [5.41, 5.74) is 0.279. The molecule has 0 aliphatic rings. The van der Waals surface area contributed by atoms with Gasteiger partial charge in [-0.3, -0.25) is 9.36 Å². The molecular weight excluding hydrogens is 232 g/mol. The molecule has 0 N–H and O–H groups in total. The van der Waals surface area contributed by atoms with Crippen LogP contribution in [0.2, 0.25) is 0 Å². The molecule has 2 aromatic rings. The van der Waals surface area contributed by atoms with E-state index in [4.69, 9.17) is 4.74 Å². The van der Waals surface area contributed by atoms with Crippen molar-refractivity contribution in [3.8, 4) is 0 Å². The summed E-state index contributed by atoms with van der Waals surface area (Å²) in [6.07, 6.45) is 1.50. The highest BCUT2D eigenvalue weighted by molar-refractivity contribution is 5.15. The predicted octanol–water partition coefficient (Wildman–Crippen LogP) is 0.662. The first-order chi connectivity index (χ1) is 8.72. The molecule has 1 aromatic carbocycles. The number of benzene rings is 1. The van der Waals surface area contributed by atoms with Crippen molar-refractivity contribution in [1.82, 2.24) is 9.13 Å². The van der Waals surface area contributed by atoms with E-state index in [1.165, 1.54) is 23.9 Å². The lowest BCUT2D eigenvalue weighted by atomic mass is 10.2. The second-order valence-electron chi connectivity index (χ2n) is 3.90. The van der Waals surface area contributed by atoms with Gasteiger partial charge in [-0.25, -0.2) is 9.36 Å². The maximum absolute atomic E-state index is 12.0. The molecule has 0 aliphatic carbocycles. The van der Waals surface area contributed by atoms with E-state index in [1.54, 1.807) is 0 Å². The van der Waals surface area contributed by atoms with Crippen LogP contribution in [0.15, 0.2) is 52.2 Å². The quantitative estimate of drug-likeness (QED) is 0.796. The molecule has 0 bridgehead atoms. The van der Waals surface area contributed by atoms with Crippen LogP contribution in [0.3, 0.4) is 0 Å². The van der Waals surface area contributed by atoms with E-state index in [0.29, 0.717) is 6.54 Å². The maximum Gasteiger partial charge on any atom is 0.333 e. The second-order valence-corrected chi connectivity index (χ2v) is 3.90. The highest BCUT2D eigenvalue weighted by atomic mass is 16.5. The first kappa shape index (κ1) is 12.3. The van der Waals surface area contributed by atoms with Gasteiger partial charge in [0.05, 0.1) is 6.54 Å². The number of rotatable bonds is 4. The van der Waals surface area contributed by atoms with E-state index < -0.39 is 0 Å². The number of nitrogens with zero attached hydrogens (tertiary/aromatic N) is 2. The van der Waals surface area contributed by atoms with Gasteiger partial charge in [0, 0.05) is 19.4 Å². The zero-order chi connectivity index (χ0) is 13.0. The Morgan fingerprint density at radius 2 is 1.83 bits per heavy atom. The molecule has 0 radical (unpaired) electrons. The standard InChI is InChI=1S/C13H14N2O3/c1-18-10-15-12(16)7-8-14(13(15)17)9-11-5-3-2-4-6-11/h2-8H,9-10H2,1H3. The number of ether oxygens (including phenoxy) is 1. The molecule has 5 nitrogen and oxygen atoms in total. The number of hydrogen-bond acceptors (Lipinski definition) is 3. The van der Waals surface area contributed by atoms with Crippen LogP contribution in [0.25, 0.3) is 0 Å². The fourth-order valence-electron chi connectivity index (χ4n) is 1.71. The summed E-state index contributed by atoms with van der Waals surface area (Å²) in [6.45, 7) is 0.400. The van der Waals surface area contributed by atoms with Crippen LogP contribution in [0.5, 0.6) is 0 Å². The molecule has 94 valence electrons. The van der Waals surface area contributed by atoms with E-state index in [-0.39, 0.29) is 18.0 Å². The Bertz CT molecular complexity index is 629. The Labute approximate surface area is 104 Å². The minimum Gasteiger partial charge on any atom is -0.364 e. The fourth-order valence-corrected chi connectivity index (χ4v) is 1.71. The SMILES string of the molecule is COCn1c(=O)ccn(Cc2ccccc2)c1=O. The number of methoxy groups -OCH3 is 1. The van der Waals surface area contributed by atoms with Crippen molar-refractivity contribution < 1.29 is 4.74 Å². The largest absolute Gasteiger partial charge is 0.364 e. The lowest BCUT2D eigenvalue weighted by molar-refractivity contribution is 0.123. The zero-order valence-corrected chi connectivity index (χ0v) is 10.1. The van der Waals surface area contributed by atoms with Gasteiger partial charge >= 0.3 is 5.69 Å². The molecule has 0 unspecified atom stereocenters. The average Bonchev–Trinajstić information content (AvgIpc) is 2.39. The highest BCUT2D eigenvalue weighted by Gasteiger charge is 2.04. The molecule has 5 heteroatoms. The molecule has 18 heavy (non-hydrogen) atoms. The molecule has 0 spiro atoms. The molecule has 0 amide bonds. The van der Waals surface area contributed by atoms with Gasteiger partial charge in [0.15, 0.2) is 0 Å². The van der Waals surface area contributed by atoms with Crippen molar-refractivity contribution >= 4 is 0 Å². The second kappa shape index (κ2) is 5.46. The molecule has 0 saturated carbocycles. The van der Waals surface area contributed by atoms with Crippen LogP contribution < -0.4 is 11.2 Å². The van der Waals surface area contributed by atoms with Crippen LogP contribution in [-0.4, -0.2) is 16.2 Å². The van der Waals surface area contributed by atoms with Gasteiger partial charge in [-0.1, -0.05) is 30.3 Å². The van der Waals surface area contributed by atoms with Gasteiger partial charge < -0.3 is 4.74 Å². The summed E-state index contributed by atoms with van der Waals surface area (Å²) in [4.78, 5) is 23.5. The molecule has 0 fully saturated rings. The third-order valence-corrected chi connectivity index (χ3v) is 2.59. The Kier molecular flexibility index (Phi) is 3.74. The summed E-state index contributed by atoms with van der Waals surface area (Å²) in [5.74, 6) is 0. The van der Waals surface area contributed by atoms with Gasteiger partial charge in [0.1, 0.15) is 6.73 Å². The Balaban J connectivity index is 2.38. The van der Waals surface area contributed by atoms with Crippen molar-refractivity contribution in [1.29, 1.82) is 0 Å². The van der Waals surface area contributed by atoms with Gasteiger partial charge in [0.25, 0.3) is 5.56 Å². The van der Waals surface area contributed by atoms with Crippen LogP contribution in [0, 0.1) is 0 Å². The Morgan fingerprint density at radius 3 is 2.50 bits per heavy atom. The normalized spacial score (nSPS) is 10.5. The van der Waals surface area contributed by atoms with Crippen molar-refractivity contribution in [2.45, 2.75) is 13.3 Å². The lowest BCUT2D eigenvalue weighted by Crippen LogP contribution is -2.39. The fraction of sp³-hybridized carbons (Fsp3) is 0.231. The first-order valence-corrected chi connectivity index (χ1v) is 5.55. The van der Waals surface area contributed by atoms with E-state index in [1.807, 2.05) is 30.3 Å². The van der Waals surface area contributed by atoms with Gasteiger partial charge in [0.2, 0.25) is 0 Å². The smallest absolute Gasteiger partial charge is 0.333 e. The number of aromatic nitrogens is 2. The van der Waals surface area contributed by atoms with Gasteiger partial charge in [-0.2, -0.15) is 0 Å². The van der Waals surface area contributed by atoms with E-state index in [9.17, 15) is 9.59 Å². The van der Waals surface area contributed by atoms with Crippen LogP contribution in [-0.2, 0) is 18.0 Å². The number of hydrogen-bond donors (Lipinski definition) is 0. The minimum atomic E-state index is -0.367. The van der Waals surface area contributed by atoms with Crippen molar-refractivity contribution in [2.75, 3.05) is 7.11 Å². The Morgan fingerprint density at radius 1 is 1.11 bits per heavy atom. The molecule has 0 saturated heterocycles. The summed E-state index contributed by atoms with van der Waals surface area (Å²) in [6, 6.07) is 11.0. The van der Waals surface area contributed by atoms with E-state index >= 15 is 0 Å². The molecular formula is C13H14N2O3. The van der Waals surface area contributed by atoms with Crippen LogP contribution in [0.1, 0.15) is 5.56 Å². The average molecular weight is 246 g/mol. The molecule has 0 aliphatic heterocycles. The zero-order valence-electron chi connectivity index (χ0n) is 10.1. The van der Waals surface area contributed by atoms with Gasteiger partial charge in [-0.05, 0) is 5.56 Å². The molecule has 1 heterocycles. The highest BCUT2D eigenvalue weighted by Crippen LogP contribution is 1.99.